The SMILES string of the molecule is COc1cccc(S(=O)(=O)N2CCN[C@@H](C)C2)c1. The van der Waals surface area contributed by atoms with Crippen LogP contribution in [0.5, 0.6) is 5.75 Å². The van der Waals surface area contributed by atoms with Gasteiger partial charge in [-0.1, -0.05) is 6.07 Å². The fraction of sp³-hybridized carbons (Fsp3) is 0.500. The molecule has 18 heavy (non-hydrogen) atoms. The normalized spacial score (nSPS) is 21.8. The predicted octanol–water partition coefficient (Wildman–Crippen LogP) is 0.678. The Labute approximate surface area is 108 Å². The number of sulfonamides is 1. The number of benzene rings is 1. The number of hydrogen-bond donors (Lipinski definition) is 1. The van der Waals surface area contributed by atoms with E-state index in [2.05, 4.69) is 5.32 Å². The van der Waals surface area contributed by atoms with Crippen LogP contribution in [0, 0.1) is 0 Å². The molecule has 5 nitrogen and oxygen atoms in total. The van der Waals surface area contributed by atoms with Gasteiger partial charge in [-0.05, 0) is 19.1 Å². The van der Waals surface area contributed by atoms with Gasteiger partial charge in [0.25, 0.3) is 0 Å². The van der Waals surface area contributed by atoms with Crippen molar-refractivity contribution in [3.8, 4) is 5.75 Å². The van der Waals surface area contributed by atoms with Crippen molar-refractivity contribution in [3.05, 3.63) is 24.3 Å². The van der Waals surface area contributed by atoms with E-state index in [1.165, 1.54) is 11.4 Å². The Bertz CT molecular complexity index is 516. The highest BCUT2D eigenvalue weighted by Gasteiger charge is 2.28. The lowest BCUT2D eigenvalue weighted by Crippen LogP contribution is -2.51. The second-order valence-electron chi connectivity index (χ2n) is 4.40. The zero-order valence-electron chi connectivity index (χ0n) is 10.6. The van der Waals surface area contributed by atoms with Crippen molar-refractivity contribution in [2.75, 3.05) is 26.7 Å². The van der Waals surface area contributed by atoms with Crippen LogP contribution in [0.25, 0.3) is 0 Å². The summed E-state index contributed by atoms with van der Waals surface area (Å²) in [6.07, 6.45) is 0. The molecule has 1 saturated heterocycles. The minimum Gasteiger partial charge on any atom is -0.497 e. The number of methoxy groups -OCH3 is 1. The van der Waals surface area contributed by atoms with Gasteiger partial charge in [0.2, 0.25) is 10.0 Å². The smallest absolute Gasteiger partial charge is 0.243 e. The number of nitrogens with one attached hydrogen (secondary N) is 1. The Hall–Kier alpha value is -1.11. The van der Waals surface area contributed by atoms with Crippen LogP contribution in [-0.2, 0) is 10.0 Å². The van der Waals surface area contributed by atoms with E-state index in [1.807, 2.05) is 6.92 Å². The first-order valence-electron chi connectivity index (χ1n) is 5.91. The van der Waals surface area contributed by atoms with Crippen molar-refractivity contribution < 1.29 is 13.2 Å². The summed E-state index contributed by atoms with van der Waals surface area (Å²) in [5.74, 6) is 0.555. The summed E-state index contributed by atoms with van der Waals surface area (Å²) in [5.41, 5.74) is 0. The maximum absolute atomic E-state index is 12.4. The van der Waals surface area contributed by atoms with E-state index in [0.29, 0.717) is 25.4 Å². The lowest BCUT2D eigenvalue weighted by molar-refractivity contribution is 0.310. The van der Waals surface area contributed by atoms with Gasteiger partial charge in [0.05, 0.1) is 12.0 Å². The van der Waals surface area contributed by atoms with Crippen LogP contribution >= 0.6 is 0 Å². The van der Waals surface area contributed by atoms with E-state index >= 15 is 0 Å². The molecule has 1 atom stereocenters. The molecular formula is C12H18N2O3S. The maximum atomic E-state index is 12.4. The number of piperazine rings is 1. The number of hydrogen-bond acceptors (Lipinski definition) is 4. The molecule has 1 heterocycles. The molecule has 1 fully saturated rings. The molecule has 1 aromatic rings. The highest BCUT2D eigenvalue weighted by atomic mass is 32.2. The third kappa shape index (κ3) is 2.66. The van der Waals surface area contributed by atoms with E-state index in [0.717, 1.165) is 0 Å². The fourth-order valence-corrected chi connectivity index (χ4v) is 3.59. The average molecular weight is 270 g/mol. The van der Waals surface area contributed by atoms with Gasteiger partial charge < -0.3 is 10.1 Å². The van der Waals surface area contributed by atoms with Crippen LogP contribution in [0.3, 0.4) is 0 Å². The zero-order valence-corrected chi connectivity index (χ0v) is 11.4. The van der Waals surface area contributed by atoms with Crippen LogP contribution in [0.1, 0.15) is 6.92 Å². The van der Waals surface area contributed by atoms with Crippen molar-refractivity contribution >= 4 is 10.0 Å². The van der Waals surface area contributed by atoms with Gasteiger partial charge >= 0.3 is 0 Å². The van der Waals surface area contributed by atoms with E-state index in [9.17, 15) is 8.42 Å². The standard InChI is InChI=1S/C12H18N2O3S/c1-10-9-14(7-6-13-10)18(15,16)12-5-3-4-11(8-12)17-2/h3-5,8,10,13H,6-7,9H2,1-2H3/t10-/m0/s1. The van der Waals surface area contributed by atoms with Crippen molar-refractivity contribution in [1.82, 2.24) is 9.62 Å². The van der Waals surface area contributed by atoms with E-state index in [1.54, 1.807) is 24.3 Å². The molecule has 0 saturated carbocycles. The summed E-state index contributed by atoms with van der Waals surface area (Å²) in [7, 11) is -1.89. The maximum Gasteiger partial charge on any atom is 0.243 e. The summed E-state index contributed by atoms with van der Waals surface area (Å²) in [4.78, 5) is 0.288. The van der Waals surface area contributed by atoms with E-state index in [-0.39, 0.29) is 10.9 Å². The molecule has 1 aliphatic heterocycles. The van der Waals surface area contributed by atoms with Crippen LogP contribution in [-0.4, -0.2) is 45.5 Å². The lowest BCUT2D eigenvalue weighted by Gasteiger charge is -2.31. The van der Waals surface area contributed by atoms with Gasteiger partial charge in [-0.15, -0.1) is 0 Å². The predicted molar refractivity (Wildman–Crippen MR) is 69.2 cm³/mol. The lowest BCUT2D eigenvalue weighted by atomic mass is 10.3. The molecule has 6 heteroatoms. The number of rotatable bonds is 3. The first kappa shape index (κ1) is 13.3. The van der Waals surface area contributed by atoms with Crippen molar-refractivity contribution in [2.24, 2.45) is 0 Å². The topological polar surface area (TPSA) is 58.6 Å². The summed E-state index contributed by atoms with van der Waals surface area (Å²) in [6.45, 7) is 3.67. The fourth-order valence-electron chi connectivity index (χ4n) is 2.03. The molecule has 0 aromatic heterocycles. The molecule has 0 aliphatic carbocycles. The van der Waals surface area contributed by atoms with Gasteiger partial charge in [0.1, 0.15) is 5.75 Å². The van der Waals surface area contributed by atoms with Crippen LogP contribution in [0.2, 0.25) is 0 Å². The van der Waals surface area contributed by atoms with Crippen LogP contribution in [0.4, 0.5) is 0 Å². The van der Waals surface area contributed by atoms with Gasteiger partial charge in [-0.2, -0.15) is 4.31 Å². The van der Waals surface area contributed by atoms with Gasteiger partial charge in [0, 0.05) is 31.7 Å². The highest BCUT2D eigenvalue weighted by Crippen LogP contribution is 2.21. The first-order chi connectivity index (χ1) is 8.54. The molecule has 1 aliphatic rings. The van der Waals surface area contributed by atoms with E-state index < -0.39 is 10.0 Å². The van der Waals surface area contributed by atoms with Gasteiger partial charge in [-0.25, -0.2) is 8.42 Å². The molecule has 1 aromatic carbocycles. The van der Waals surface area contributed by atoms with Crippen molar-refractivity contribution in [3.63, 3.8) is 0 Å². The molecule has 2 rings (SSSR count). The molecule has 0 amide bonds. The Balaban J connectivity index is 2.29. The van der Waals surface area contributed by atoms with Crippen molar-refractivity contribution in [1.29, 1.82) is 0 Å². The second kappa shape index (κ2) is 5.26. The number of ether oxygens (including phenoxy) is 1. The van der Waals surface area contributed by atoms with Crippen LogP contribution in [0.15, 0.2) is 29.2 Å². The molecule has 0 spiro atoms. The zero-order chi connectivity index (χ0) is 13.2. The second-order valence-corrected chi connectivity index (χ2v) is 6.34. The summed E-state index contributed by atoms with van der Waals surface area (Å²) >= 11 is 0. The molecular weight excluding hydrogens is 252 g/mol. The molecule has 0 bridgehead atoms. The quantitative estimate of drug-likeness (QED) is 0.877. The minimum atomic E-state index is -3.41. The van der Waals surface area contributed by atoms with Gasteiger partial charge in [-0.3, -0.25) is 0 Å². The summed E-state index contributed by atoms with van der Waals surface area (Å²) in [6, 6.07) is 6.77. The third-order valence-electron chi connectivity index (χ3n) is 3.01. The Morgan fingerprint density at radius 2 is 2.22 bits per heavy atom. The highest BCUT2D eigenvalue weighted by molar-refractivity contribution is 7.89. The molecule has 100 valence electrons. The average Bonchev–Trinajstić information content (AvgIpc) is 2.39. The Morgan fingerprint density at radius 1 is 1.44 bits per heavy atom. The number of nitrogens with zero attached hydrogens (tertiary/aromatic N) is 1. The summed E-state index contributed by atoms with van der Waals surface area (Å²) in [5, 5.41) is 3.23. The minimum absolute atomic E-state index is 0.180. The monoisotopic (exact) mass is 270 g/mol. The molecule has 1 N–H and O–H groups in total. The largest absolute Gasteiger partial charge is 0.497 e. The van der Waals surface area contributed by atoms with Gasteiger partial charge in [0.15, 0.2) is 0 Å². The van der Waals surface area contributed by atoms with E-state index in [4.69, 9.17) is 4.74 Å². The van der Waals surface area contributed by atoms with Crippen LogP contribution < -0.4 is 10.1 Å². The molecule has 0 unspecified atom stereocenters. The Kier molecular flexibility index (Phi) is 3.89. The third-order valence-corrected chi connectivity index (χ3v) is 4.87. The summed E-state index contributed by atoms with van der Waals surface area (Å²) < 4.78 is 31.5. The van der Waals surface area contributed by atoms with Crippen molar-refractivity contribution in [2.45, 2.75) is 17.9 Å². The molecule has 0 radical (unpaired) electrons. The Morgan fingerprint density at radius 3 is 2.89 bits per heavy atom. The first-order valence-corrected chi connectivity index (χ1v) is 7.35.